The van der Waals surface area contributed by atoms with E-state index < -0.39 is 0 Å². The Kier molecular flexibility index (Phi) is 5.09. The van der Waals surface area contributed by atoms with E-state index in [4.69, 9.17) is 0 Å². The lowest BCUT2D eigenvalue weighted by Gasteiger charge is -2.06. The molecule has 4 aromatic rings. The van der Waals surface area contributed by atoms with Gasteiger partial charge in [-0.3, -0.25) is 9.59 Å². The van der Waals surface area contributed by atoms with E-state index in [0.29, 0.717) is 17.3 Å². The first-order valence-corrected chi connectivity index (χ1v) is 11.5. The van der Waals surface area contributed by atoms with Crippen LogP contribution in [-0.2, 0) is 23.4 Å². The van der Waals surface area contributed by atoms with Crippen LogP contribution in [0.2, 0.25) is 0 Å². The van der Waals surface area contributed by atoms with Crippen molar-refractivity contribution >= 4 is 44.9 Å². The third-order valence-corrected chi connectivity index (χ3v) is 7.03. The van der Waals surface area contributed by atoms with Gasteiger partial charge in [-0.2, -0.15) is 15.0 Å². The number of nitrogens with zero attached hydrogens (tertiary/aromatic N) is 4. The average Bonchev–Trinajstić information content (AvgIpc) is 3.46. The number of thioether (sulfide) groups is 1. The first-order valence-electron chi connectivity index (χ1n) is 9.55. The summed E-state index contributed by atoms with van der Waals surface area (Å²) in [6.07, 6.45) is 6.34. The van der Waals surface area contributed by atoms with Gasteiger partial charge in [-0.15, -0.1) is 23.1 Å². The normalized spacial score (nSPS) is 12.9. The molecule has 0 saturated heterocycles. The molecule has 1 aromatic carbocycles. The maximum absolute atomic E-state index is 12.5. The van der Waals surface area contributed by atoms with Crippen molar-refractivity contribution in [2.75, 3.05) is 11.1 Å². The predicted molar refractivity (Wildman–Crippen MR) is 118 cm³/mol. The molecule has 0 fully saturated rings. The van der Waals surface area contributed by atoms with Crippen LogP contribution >= 0.6 is 23.1 Å². The molecular formula is C20H18N6O2S2. The molecule has 0 radical (unpaired) electrons. The second kappa shape index (κ2) is 8.04. The smallest absolute Gasteiger partial charge is 0.259 e. The number of aromatic nitrogens is 5. The average molecular weight is 439 g/mol. The summed E-state index contributed by atoms with van der Waals surface area (Å²) in [5, 5.41) is 11.8. The molecule has 1 amide bonds. The monoisotopic (exact) mass is 438 g/mol. The van der Waals surface area contributed by atoms with Crippen LogP contribution in [0.5, 0.6) is 0 Å². The van der Waals surface area contributed by atoms with E-state index >= 15 is 0 Å². The largest absolute Gasteiger partial charge is 0.325 e. The van der Waals surface area contributed by atoms with Gasteiger partial charge in [-0.05, 0) is 49.1 Å². The summed E-state index contributed by atoms with van der Waals surface area (Å²) in [4.78, 5) is 35.8. The van der Waals surface area contributed by atoms with Crippen molar-refractivity contribution in [1.29, 1.82) is 0 Å². The van der Waals surface area contributed by atoms with E-state index in [1.54, 1.807) is 23.7 Å². The van der Waals surface area contributed by atoms with Crippen molar-refractivity contribution in [2.24, 2.45) is 0 Å². The van der Waals surface area contributed by atoms with E-state index in [-0.39, 0.29) is 17.2 Å². The van der Waals surface area contributed by atoms with E-state index in [9.17, 15) is 9.59 Å². The van der Waals surface area contributed by atoms with Gasteiger partial charge in [0, 0.05) is 10.6 Å². The van der Waals surface area contributed by atoms with Crippen LogP contribution in [0.25, 0.3) is 15.9 Å². The fraction of sp³-hybridized carbons (Fsp3) is 0.250. The van der Waals surface area contributed by atoms with Crippen LogP contribution in [0, 0.1) is 0 Å². The number of anilines is 1. The summed E-state index contributed by atoms with van der Waals surface area (Å²) in [5.41, 5.74) is 2.64. The van der Waals surface area contributed by atoms with Gasteiger partial charge < -0.3 is 10.3 Å². The molecule has 0 bridgehead atoms. The molecule has 30 heavy (non-hydrogen) atoms. The number of rotatable bonds is 6. The standard InChI is InChI=1S/C20H18N6O2S2/c27-17(23-12-4-6-13(7-5-12)26-21-8-9-22-26)11-29-10-16-24-19(28)18-14-2-1-3-15(14)30-20(18)25-16/h4-9H,1-3,10-11H2,(H,23,27)(H,24,25,28). The number of nitrogens with one attached hydrogen (secondary N) is 2. The maximum atomic E-state index is 12.5. The minimum absolute atomic E-state index is 0.0637. The predicted octanol–water partition coefficient (Wildman–Crippen LogP) is 2.93. The summed E-state index contributed by atoms with van der Waals surface area (Å²) < 4.78 is 0. The Hall–Kier alpha value is -2.98. The van der Waals surface area contributed by atoms with Crippen LogP contribution in [0.15, 0.2) is 41.5 Å². The number of aromatic amines is 1. The highest BCUT2D eigenvalue weighted by Crippen LogP contribution is 2.34. The molecule has 5 rings (SSSR count). The minimum atomic E-state index is -0.108. The van der Waals surface area contributed by atoms with Crippen LogP contribution in [0.4, 0.5) is 5.69 Å². The molecule has 152 valence electrons. The number of fused-ring (bicyclic) bond motifs is 3. The van der Waals surface area contributed by atoms with Gasteiger partial charge in [0.2, 0.25) is 5.91 Å². The number of amides is 1. The highest BCUT2D eigenvalue weighted by molar-refractivity contribution is 7.99. The summed E-state index contributed by atoms with van der Waals surface area (Å²) in [5.74, 6) is 1.25. The quantitative estimate of drug-likeness (QED) is 0.480. The highest BCUT2D eigenvalue weighted by atomic mass is 32.2. The molecule has 0 atom stereocenters. The molecule has 3 heterocycles. The molecule has 0 aliphatic heterocycles. The molecule has 10 heteroatoms. The van der Waals surface area contributed by atoms with Crippen molar-refractivity contribution in [3.63, 3.8) is 0 Å². The Morgan fingerprint density at radius 2 is 2.00 bits per heavy atom. The van der Waals surface area contributed by atoms with Gasteiger partial charge in [0.25, 0.3) is 5.56 Å². The summed E-state index contributed by atoms with van der Waals surface area (Å²) >= 11 is 3.04. The molecule has 1 aliphatic rings. The third-order valence-electron chi connectivity index (χ3n) is 4.90. The van der Waals surface area contributed by atoms with Crippen LogP contribution in [0.3, 0.4) is 0 Å². The third kappa shape index (κ3) is 3.75. The Bertz CT molecular complexity index is 1260. The lowest BCUT2D eigenvalue weighted by atomic mass is 10.2. The van der Waals surface area contributed by atoms with E-state index in [0.717, 1.165) is 35.2 Å². The highest BCUT2D eigenvalue weighted by Gasteiger charge is 2.21. The number of aryl methyl sites for hydroxylation is 2. The molecule has 0 spiro atoms. The molecule has 0 saturated carbocycles. The number of H-pyrrole nitrogens is 1. The fourth-order valence-electron chi connectivity index (χ4n) is 3.58. The maximum Gasteiger partial charge on any atom is 0.259 e. The summed E-state index contributed by atoms with van der Waals surface area (Å²) in [6, 6.07) is 7.30. The molecule has 2 N–H and O–H groups in total. The first kappa shape index (κ1) is 19.0. The lowest BCUT2D eigenvalue weighted by Crippen LogP contribution is -2.15. The topological polar surface area (TPSA) is 106 Å². The molecule has 3 aromatic heterocycles. The lowest BCUT2D eigenvalue weighted by molar-refractivity contribution is -0.113. The van der Waals surface area contributed by atoms with E-state index in [2.05, 4.69) is 25.5 Å². The second-order valence-corrected chi connectivity index (χ2v) is 9.03. The number of hydrogen-bond acceptors (Lipinski definition) is 7. The zero-order valence-corrected chi connectivity index (χ0v) is 17.6. The molecule has 8 nitrogen and oxygen atoms in total. The zero-order chi connectivity index (χ0) is 20.5. The number of benzene rings is 1. The SMILES string of the molecule is O=C(CSCc1nc2sc3c(c2c(=O)[nH]1)CCC3)Nc1ccc(-n2nccn2)cc1. The van der Waals surface area contributed by atoms with Crippen LogP contribution in [-0.4, -0.2) is 36.6 Å². The minimum Gasteiger partial charge on any atom is -0.325 e. The van der Waals surface area contributed by atoms with Crippen LogP contribution < -0.4 is 10.9 Å². The van der Waals surface area contributed by atoms with Gasteiger partial charge >= 0.3 is 0 Å². The van der Waals surface area contributed by atoms with Gasteiger partial charge in [-0.1, -0.05) is 0 Å². The number of hydrogen-bond donors (Lipinski definition) is 2. The Labute approximate surface area is 179 Å². The zero-order valence-electron chi connectivity index (χ0n) is 15.9. The second-order valence-electron chi connectivity index (χ2n) is 6.96. The Morgan fingerprint density at radius 3 is 2.80 bits per heavy atom. The Balaban J connectivity index is 1.18. The van der Waals surface area contributed by atoms with Crippen molar-refractivity contribution in [3.8, 4) is 5.69 Å². The van der Waals surface area contributed by atoms with Crippen molar-refractivity contribution in [2.45, 2.75) is 25.0 Å². The van der Waals surface area contributed by atoms with Crippen molar-refractivity contribution in [3.05, 3.63) is 63.3 Å². The van der Waals surface area contributed by atoms with E-state index in [1.807, 2.05) is 24.3 Å². The van der Waals surface area contributed by atoms with Gasteiger partial charge in [0.05, 0.1) is 35.0 Å². The Morgan fingerprint density at radius 1 is 1.20 bits per heavy atom. The van der Waals surface area contributed by atoms with Gasteiger partial charge in [0.15, 0.2) is 0 Å². The number of thiophene rings is 1. The fourth-order valence-corrected chi connectivity index (χ4v) is 5.55. The van der Waals surface area contributed by atoms with Crippen LogP contribution in [0.1, 0.15) is 22.7 Å². The molecular weight excluding hydrogens is 420 g/mol. The van der Waals surface area contributed by atoms with Gasteiger partial charge in [0.1, 0.15) is 10.7 Å². The summed E-state index contributed by atoms with van der Waals surface area (Å²) in [7, 11) is 0. The summed E-state index contributed by atoms with van der Waals surface area (Å²) in [6.45, 7) is 0. The van der Waals surface area contributed by atoms with Crippen molar-refractivity contribution in [1.82, 2.24) is 25.0 Å². The first-order chi connectivity index (χ1) is 14.7. The molecule has 0 unspecified atom stereocenters. The molecule has 1 aliphatic carbocycles. The number of carbonyl (C=O) groups is 1. The van der Waals surface area contributed by atoms with Crippen molar-refractivity contribution < 1.29 is 4.79 Å². The van der Waals surface area contributed by atoms with E-state index in [1.165, 1.54) is 27.0 Å². The van der Waals surface area contributed by atoms with Gasteiger partial charge in [-0.25, -0.2) is 4.98 Å². The number of carbonyl (C=O) groups excluding carboxylic acids is 1.